The Morgan fingerprint density at radius 1 is 1.23 bits per heavy atom. The van der Waals surface area contributed by atoms with E-state index >= 15 is 0 Å². The second kappa shape index (κ2) is 11.7. The zero-order valence-electron chi connectivity index (χ0n) is 21.9. The van der Waals surface area contributed by atoms with E-state index in [1.54, 1.807) is 39.8 Å². The molecule has 2 rings (SSSR count). The third kappa shape index (κ3) is 7.85. The number of nitrogens with zero attached hydrogens (tertiary/aromatic N) is 1. The first-order chi connectivity index (χ1) is 16.3. The number of carbonyl (C=O) groups is 3. The van der Waals surface area contributed by atoms with E-state index in [9.17, 15) is 24.6 Å². The number of phenolic OH excluding ortho intramolecular Hbond substituents is 1. The van der Waals surface area contributed by atoms with Gasteiger partial charge >= 0.3 is 6.09 Å². The van der Waals surface area contributed by atoms with E-state index in [2.05, 4.69) is 10.6 Å². The van der Waals surface area contributed by atoms with Gasteiger partial charge in [0.15, 0.2) is 0 Å². The number of carbonyl (C=O) groups excluding carboxylic acids is 3. The molecule has 1 aliphatic carbocycles. The summed E-state index contributed by atoms with van der Waals surface area (Å²) in [6.45, 7) is 12.1. The molecule has 0 bridgehead atoms. The summed E-state index contributed by atoms with van der Waals surface area (Å²) >= 11 is 0. The lowest BCUT2D eigenvalue weighted by molar-refractivity contribution is -0.144. The summed E-state index contributed by atoms with van der Waals surface area (Å²) in [5.74, 6) is -0.676. The summed E-state index contributed by atoms with van der Waals surface area (Å²) in [5, 5.41) is 25.5. The fourth-order valence-electron chi connectivity index (χ4n) is 4.10. The summed E-state index contributed by atoms with van der Waals surface area (Å²) in [5.41, 5.74) is 0.339. The normalized spacial score (nSPS) is 19.8. The highest BCUT2D eigenvalue weighted by molar-refractivity contribution is 5.92. The standard InChI is InChI=1S/C26H41N3O6/c1-8-9-17(4)27-23(32)22(18-10-11-21(31)16(3)12-18)29(20-13-15(20)2)24(33)19(14-30)28-25(34)35-26(5,6)7/h10-12,15,17,19-20,22,30-31H,8-9,13-14H2,1-7H3,(H,27,32)(H,28,34). The van der Waals surface area contributed by atoms with Crippen molar-refractivity contribution in [1.82, 2.24) is 15.5 Å². The van der Waals surface area contributed by atoms with Gasteiger partial charge in [0.25, 0.3) is 0 Å². The molecule has 9 nitrogen and oxygen atoms in total. The van der Waals surface area contributed by atoms with Crippen LogP contribution >= 0.6 is 0 Å². The van der Waals surface area contributed by atoms with Crippen LogP contribution in [0.5, 0.6) is 5.75 Å². The van der Waals surface area contributed by atoms with Crippen LogP contribution in [0.1, 0.15) is 78.0 Å². The van der Waals surface area contributed by atoms with E-state index in [1.165, 1.54) is 11.0 Å². The van der Waals surface area contributed by atoms with Gasteiger partial charge < -0.3 is 30.5 Å². The van der Waals surface area contributed by atoms with Crippen LogP contribution in [0.2, 0.25) is 0 Å². The minimum atomic E-state index is -1.28. The number of alkyl carbamates (subject to hydrolysis) is 1. The molecular formula is C26H41N3O6. The van der Waals surface area contributed by atoms with E-state index in [0.29, 0.717) is 17.5 Å². The number of hydrogen-bond donors (Lipinski definition) is 4. The maximum absolute atomic E-state index is 13.8. The molecule has 1 saturated carbocycles. The molecule has 1 aromatic carbocycles. The zero-order valence-corrected chi connectivity index (χ0v) is 21.9. The topological polar surface area (TPSA) is 128 Å². The third-order valence-electron chi connectivity index (χ3n) is 6.02. The number of ether oxygens (including phenoxy) is 1. The third-order valence-corrected chi connectivity index (χ3v) is 6.02. The van der Waals surface area contributed by atoms with Crippen LogP contribution in [0, 0.1) is 12.8 Å². The van der Waals surface area contributed by atoms with Gasteiger partial charge in [-0.3, -0.25) is 9.59 Å². The number of aromatic hydroxyl groups is 1. The Balaban J connectivity index is 2.45. The van der Waals surface area contributed by atoms with Crippen LogP contribution < -0.4 is 10.6 Å². The number of nitrogens with one attached hydrogen (secondary N) is 2. The van der Waals surface area contributed by atoms with Crippen molar-refractivity contribution in [2.24, 2.45) is 5.92 Å². The van der Waals surface area contributed by atoms with Crippen LogP contribution in [-0.2, 0) is 14.3 Å². The second-order valence-corrected chi connectivity index (χ2v) is 10.6. The Hall–Kier alpha value is -2.81. The molecule has 4 N–H and O–H groups in total. The molecule has 35 heavy (non-hydrogen) atoms. The summed E-state index contributed by atoms with van der Waals surface area (Å²) in [6, 6.07) is 2.21. The van der Waals surface area contributed by atoms with E-state index in [0.717, 1.165) is 12.8 Å². The number of hydrogen-bond acceptors (Lipinski definition) is 6. The van der Waals surface area contributed by atoms with Gasteiger partial charge in [0, 0.05) is 12.1 Å². The highest BCUT2D eigenvalue weighted by atomic mass is 16.6. The van der Waals surface area contributed by atoms with E-state index < -0.39 is 36.3 Å². The molecule has 1 aliphatic rings. The second-order valence-electron chi connectivity index (χ2n) is 10.6. The number of aliphatic hydroxyl groups excluding tert-OH is 1. The maximum Gasteiger partial charge on any atom is 0.408 e. The van der Waals surface area contributed by atoms with Gasteiger partial charge in [-0.05, 0) is 76.6 Å². The molecule has 9 heteroatoms. The first kappa shape index (κ1) is 28.4. The lowest BCUT2D eigenvalue weighted by Gasteiger charge is -2.35. The molecule has 5 atom stereocenters. The van der Waals surface area contributed by atoms with Gasteiger partial charge in [0.2, 0.25) is 11.8 Å². The van der Waals surface area contributed by atoms with Gasteiger partial charge in [0.05, 0.1) is 6.61 Å². The Morgan fingerprint density at radius 2 is 1.86 bits per heavy atom. The Bertz CT molecular complexity index is 913. The number of phenols is 1. The quantitative estimate of drug-likeness (QED) is 0.398. The van der Waals surface area contributed by atoms with Crippen molar-refractivity contribution in [3.63, 3.8) is 0 Å². The van der Waals surface area contributed by atoms with Crippen molar-refractivity contribution in [1.29, 1.82) is 0 Å². The van der Waals surface area contributed by atoms with E-state index in [4.69, 9.17) is 4.74 Å². The number of aryl methyl sites for hydroxylation is 1. The molecule has 0 spiro atoms. The summed E-state index contributed by atoms with van der Waals surface area (Å²) in [6.07, 6.45) is 1.54. The molecule has 0 aromatic heterocycles. The molecule has 0 heterocycles. The lowest BCUT2D eigenvalue weighted by atomic mass is 9.99. The monoisotopic (exact) mass is 491 g/mol. The minimum absolute atomic E-state index is 0.0877. The average molecular weight is 492 g/mol. The number of rotatable bonds is 10. The number of amides is 3. The molecule has 196 valence electrons. The molecule has 3 amide bonds. The van der Waals surface area contributed by atoms with E-state index in [1.807, 2.05) is 20.8 Å². The van der Waals surface area contributed by atoms with Gasteiger partial charge in [0.1, 0.15) is 23.4 Å². The van der Waals surface area contributed by atoms with Crippen molar-refractivity contribution in [2.75, 3.05) is 6.61 Å². The number of benzene rings is 1. The van der Waals surface area contributed by atoms with Crippen LogP contribution in [-0.4, -0.2) is 63.4 Å². The van der Waals surface area contributed by atoms with Crippen molar-refractivity contribution >= 4 is 17.9 Å². The predicted molar refractivity (Wildman–Crippen MR) is 133 cm³/mol. The average Bonchev–Trinajstić information content (AvgIpc) is 3.46. The van der Waals surface area contributed by atoms with Crippen molar-refractivity contribution in [2.45, 2.75) is 97.5 Å². The molecule has 1 aromatic rings. The first-order valence-corrected chi connectivity index (χ1v) is 12.3. The molecule has 0 aliphatic heterocycles. The SMILES string of the molecule is CCCC(C)NC(=O)C(c1ccc(O)c(C)c1)N(C(=O)C(CO)NC(=O)OC(C)(C)C)C1CC1C. The molecule has 1 fully saturated rings. The van der Waals surface area contributed by atoms with E-state index in [-0.39, 0.29) is 29.7 Å². The molecule has 0 saturated heterocycles. The minimum Gasteiger partial charge on any atom is -0.508 e. The molecule has 0 radical (unpaired) electrons. The van der Waals surface area contributed by atoms with Gasteiger partial charge in [-0.25, -0.2) is 4.79 Å². The van der Waals surface area contributed by atoms with Gasteiger partial charge in [-0.1, -0.05) is 26.3 Å². The largest absolute Gasteiger partial charge is 0.508 e. The summed E-state index contributed by atoms with van der Waals surface area (Å²) < 4.78 is 5.26. The molecule has 5 unspecified atom stereocenters. The predicted octanol–water partition coefficient (Wildman–Crippen LogP) is 3.17. The maximum atomic E-state index is 13.8. The highest BCUT2D eigenvalue weighted by Crippen LogP contribution is 2.41. The Kier molecular flexibility index (Phi) is 9.54. The van der Waals surface area contributed by atoms with Crippen molar-refractivity contribution < 1.29 is 29.3 Å². The first-order valence-electron chi connectivity index (χ1n) is 12.3. The van der Waals surface area contributed by atoms with Crippen molar-refractivity contribution in [3.8, 4) is 5.75 Å². The van der Waals surface area contributed by atoms with Crippen LogP contribution in [0.15, 0.2) is 18.2 Å². The summed E-state index contributed by atoms with van der Waals surface area (Å²) in [7, 11) is 0. The van der Waals surface area contributed by atoms with Crippen LogP contribution in [0.3, 0.4) is 0 Å². The summed E-state index contributed by atoms with van der Waals surface area (Å²) in [4.78, 5) is 41.2. The van der Waals surface area contributed by atoms with Gasteiger partial charge in [-0.2, -0.15) is 0 Å². The van der Waals surface area contributed by atoms with Crippen LogP contribution in [0.25, 0.3) is 0 Å². The lowest BCUT2D eigenvalue weighted by Crippen LogP contribution is -2.55. The molecular weight excluding hydrogens is 450 g/mol. The fraction of sp³-hybridized carbons (Fsp3) is 0.654. The smallest absolute Gasteiger partial charge is 0.408 e. The number of aliphatic hydroxyl groups is 1. The Labute approximate surface area is 208 Å². The Morgan fingerprint density at radius 3 is 2.34 bits per heavy atom. The van der Waals surface area contributed by atoms with Gasteiger partial charge in [-0.15, -0.1) is 0 Å². The van der Waals surface area contributed by atoms with Crippen LogP contribution in [0.4, 0.5) is 4.79 Å². The fourth-order valence-corrected chi connectivity index (χ4v) is 4.10. The zero-order chi connectivity index (χ0) is 26.5. The highest BCUT2D eigenvalue weighted by Gasteiger charge is 2.48. The van der Waals surface area contributed by atoms with Crippen molar-refractivity contribution in [3.05, 3.63) is 29.3 Å².